The number of alkyl halides is 6. The molecule has 2 heterocycles. The van der Waals surface area contributed by atoms with E-state index in [-0.39, 0.29) is 45.7 Å². The summed E-state index contributed by atoms with van der Waals surface area (Å²) in [6.45, 7) is 5.02. The van der Waals surface area contributed by atoms with Crippen LogP contribution in [0.25, 0.3) is 10.4 Å². The molecule has 1 aromatic carbocycles. The lowest BCUT2D eigenvalue weighted by Gasteiger charge is -2.33. The van der Waals surface area contributed by atoms with Crippen molar-refractivity contribution in [2.75, 3.05) is 26.3 Å². The zero-order chi connectivity index (χ0) is 30.5. The van der Waals surface area contributed by atoms with E-state index in [1.807, 2.05) is 0 Å². The molecule has 2 aliphatic rings. The second kappa shape index (κ2) is 11.2. The summed E-state index contributed by atoms with van der Waals surface area (Å²) >= 11 is 12.8. The van der Waals surface area contributed by atoms with E-state index in [0.29, 0.717) is 30.6 Å². The van der Waals surface area contributed by atoms with Crippen molar-refractivity contribution in [3.63, 3.8) is 0 Å². The highest BCUT2D eigenvalue weighted by atomic mass is 35.5. The van der Waals surface area contributed by atoms with Gasteiger partial charge in [-0.3, -0.25) is 9.59 Å². The molecule has 0 bridgehead atoms. The van der Waals surface area contributed by atoms with Crippen LogP contribution in [0.5, 0.6) is 0 Å². The van der Waals surface area contributed by atoms with Crippen LogP contribution in [-0.2, 0) is 10.3 Å². The third kappa shape index (κ3) is 5.53. The van der Waals surface area contributed by atoms with Crippen molar-refractivity contribution in [3.05, 3.63) is 38.4 Å². The number of carbonyl (C=O) groups is 2. The first-order valence-corrected chi connectivity index (χ1v) is 14.1. The summed E-state index contributed by atoms with van der Waals surface area (Å²) in [5.74, 6) is -1.23. The Labute approximate surface area is 244 Å². The Morgan fingerprint density at radius 2 is 1.68 bits per heavy atom. The second-order valence-corrected chi connectivity index (χ2v) is 11.6. The zero-order valence-electron chi connectivity index (χ0n) is 21.7. The van der Waals surface area contributed by atoms with Gasteiger partial charge in [0.25, 0.3) is 17.4 Å². The molecule has 2 N–H and O–H groups in total. The van der Waals surface area contributed by atoms with E-state index < -0.39 is 45.4 Å². The van der Waals surface area contributed by atoms with Crippen LogP contribution in [0.15, 0.2) is 12.1 Å². The summed E-state index contributed by atoms with van der Waals surface area (Å²) in [4.78, 5) is 32.0. The van der Waals surface area contributed by atoms with Crippen LogP contribution in [0.2, 0.25) is 10.0 Å². The zero-order valence-corrected chi connectivity index (χ0v) is 24.0. The van der Waals surface area contributed by atoms with Gasteiger partial charge >= 0.3 is 12.4 Å². The molecule has 1 saturated heterocycles. The van der Waals surface area contributed by atoms with E-state index >= 15 is 0 Å². The highest BCUT2D eigenvalue weighted by Crippen LogP contribution is 2.55. The standard InChI is InChI=1S/C25H25Cl2F6N3O4S/c1-3-36(4-2)21(38)17-18(41-20(35-17)19(37)34-14-11-22(14)7-9-40-10-8-22)12-5-6-13(16(27)15(12)26)23(39,24(28,29)30)25(31,32)33/h5-6,14,39H,3-4,7-11H2,1-2H3,(H,34,37)/t14-/m1/s1. The van der Waals surface area contributed by atoms with E-state index in [2.05, 4.69) is 10.3 Å². The lowest BCUT2D eigenvalue weighted by Crippen LogP contribution is -2.54. The lowest BCUT2D eigenvalue weighted by atomic mass is 9.91. The van der Waals surface area contributed by atoms with Gasteiger partial charge in [-0.2, -0.15) is 26.3 Å². The topological polar surface area (TPSA) is 91.8 Å². The molecule has 2 aromatic rings. The molecule has 1 aliphatic heterocycles. The molecule has 1 atom stereocenters. The molecule has 7 nitrogen and oxygen atoms in total. The number of halogens is 8. The van der Waals surface area contributed by atoms with Gasteiger partial charge < -0.3 is 20.1 Å². The molecule has 226 valence electrons. The molecule has 2 amide bonds. The molecule has 16 heteroatoms. The molecule has 2 fully saturated rings. The van der Waals surface area contributed by atoms with E-state index in [1.165, 1.54) is 4.90 Å². The van der Waals surface area contributed by atoms with Crippen molar-refractivity contribution < 1.29 is 45.8 Å². The first-order valence-electron chi connectivity index (χ1n) is 12.6. The minimum atomic E-state index is -6.19. The quantitative estimate of drug-likeness (QED) is 0.349. The van der Waals surface area contributed by atoms with Gasteiger partial charge in [0.1, 0.15) is 5.69 Å². The summed E-state index contributed by atoms with van der Waals surface area (Å²) < 4.78 is 86.4. The fraction of sp³-hybridized carbons (Fsp3) is 0.560. The molecular formula is C25H25Cl2F6N3O4S. The second-order valence-electron chi connectivity index (χ2n) is 9.87. The normalized spacial score (nSPS) is 18.9. The van der Waals surface area contributed by atoms with Crippen molar-refractivity contribution in [2.45, 2.75) is 57.1 Å². The predicted octanol–water partition coefficient (Wildman–Crippen LogP) is 6.21. The fourth-order valence-electron chi connectivity index (χ4n) is 4.98. The third-order valence-electron chi connectivity index (χ3n) is 7.60. The Balaban J connectivity index is 1.78. The number of thiazole rings is 1. The van der Waals surface area contributed by atoms with Crippen LogP contribution >= 0.6 is 34.5 Å². The SMILES string of the molecule is CCN(CC)C(=O)c1nc(C(=O)N[C@@H]2CC23CCOCC3)sc1-c1ccc(C(O)(C(F)(F)F)C(F)(F)F)c(Cl)c1Cl. The molecule has 1 saturated carbocycles. The first kappa shape index (κ1) is 31.8. The number of ether oxygens (including phenoxy) is 1. The molecule has 0 unspecified atom stereocenters. The van der Waals surface area contributed by atoms with E-state index in [9.17, 15) is 41.0 Å². The highest BCUT2D eigenvalue weighted by Gasteiger charge is 2.72. The number of nitrogens with zero attached hydrogens (tertiary/aromatic N) is 2. The maximum atomic E-state index is 13.5. The maximum absolute atomic E-state index is 13.5. The van der Waals surface area contributed by atoms with Crippen LogP contribution in [-0.4, -0.2) is 71.5 Å². The minimum absolute atomic E-state index is 0.0751. The smallest absolute Gasteiger partial charge is 0.381 e. The van der Waals surface area contributed by atoms with Crippen LogP contribution < -0.4 is 5.32 Å². The molecule has 1 aliphatic carbocycles. The molecule has 1 spiro atoms. The number of nitrogens with one attached hydrogen (secondary N) is 1. The number of hydrogen-bond acceptors (Lipinski definition) is 6. The summed E-state index contributed by atoms with van der Waals surface area (Å²) in [7, 11) is 0. The number of rotatable bonds is 7. The average Bonchev–Trinajstić information content (AvgIpc) is 3.33. The third-order valence-corrected chi connectivity index (χ3v) is 9.56. The monoisotopic (exact) mass is 647 g/mol. The van der Waals surface area contributed by atoms with Crippen molar-refractivity contribution in [3.8, 4) is 10.4 Å². The predicted molar refractivity (Wildman–Crippen MR) is 139 cm³/mol. The van der Waals surface area contributed by atoms with Gasteiger partial charge in [0.05, 0.1) is 14.9 Å². The van der Waals surface area contributed by atoms with Gasteiger partial charge in [-0.15, -0.1) is 11.3 Å². The van der Waals surface area contributed by atoms with Gasteiger partial charge in [-0.25, -0.2) is 4.98 Å². The van der Waals surface area contributed by atoms with Gasteiger partial charge in [0, 0.05) is 43.5 Å². The molecule has 41 heavy (non-hydrogen) atoms. The van der Waals surface area contributed by atoms with Gasteiger partial charge in [0.2, 0.25) is 0 Å². The molecule has 0 radical (unpaired) electrons. The van der Waals surface area contributed by atoms with Gasteiger partial charge in [-0.1, -0.05) is 35.3 Å². The van der Waals surface area contributed by atoms with Gasteiger partial charge in [0.15, 0.2) is 5.01 Å². The maximum Gasteiger partial charge on any atom is 0.430 e. The number of carbonyl (C=O) groups excluding carboxylic acids is 2. The van der Waals surface area contributed by atoms with Crippen molar-refractivity contribution >= 4 is 46.4 Å². The van der Waals surface area contributed by atoms with Crippen LogP contribution in [0.4, 0.5) is 26.3 Å². The summed E-state index contributed by atoms with van der Waals surface area (Å²) in [6.07, 6.45) is -10.1. The fourth-order valence-corrected chi connectivity index (χ4v) is 6.59. The molecule has 4 rings (SSSR count). The summed E-state index contributed by atoms with van der Waals surface area (Å²) in [5, 5.41) is 10.6. The van der Waals surface area contributed by atoms with E-state index in [1.54, 1.807) is 13.8 Å². The van der Waals surface area contributed by atoms with Crippen LogP contribution in [0.1, 0.15) is 59.0 Å². The summed E-state index contributed by atoms with van der Waals surface area (Å²) in [6, 6.07) is 0.986. The minimum Gasteiger partial charge on any atom is -0.381 e. The lowest BCUT2D eigenvalue weighted by molar-refractivity contribution is -0.376. The Morgan fingerprint density at radius 1 is 1.10 bits per heavy atom. The van der Waals surface area contributed by atoms with Crippen LogP contribution in [0.3, 0.4) is 0 Å². The Morgan fingerprint density at radius 3 is 2.22 bits per heavy atom. The number of benzene rings is 1. The van der Waals surface area contributed by atoms with Gasteiger partial charge in [-0.05, 0) is 38.5 Å². The van der Waals surface area contributed by atoms with E-state index in [0.717, 1.165) is 25.3 Å². The Kier molecular flexibility index (Phi) is 8.67. The van der Waals surface area contributed by atoms with Crippen LogP contribution in [0, 0.1) is 5.41 Å². The van der Waals surface area contributed by atoms with E-state index in [4.69, 9.17) is 27.9 Å². The molecule has 1 aromatic heterocycles. The van der Waals surface area contributed by atoms with Crippen molar-refractivity contribution in [1.82, 2.24) is 15.2 Å². The Bertz CT molecular complexity index is 1330. The highest BCUT2D eigenvalue weighted by molar-refractivity contribution is 7.17. The largest absolute Gasteiger partial charge is 0.430 e. The summed E-state index contributed by atoms with van der Waals surface area (Å²) in [5.41, 5.74) is -7.63. The van der Waals surface area contributed by atoms with Crippen molar-refractivity contribution in [1.29, 1.82) is 0 Å². The number of aliphatic hydroxyl groups is 1. The average molecular weight is 648 g/mol. The van der Waals surface area contributed by atoms with Crippen molar-refractivity contribution in [2.24, 2.45) is 5.41 Å². The molecular weight excluding hydrogens is 623 g/mol. The first-order chi connectivity index (χ1) is 19.0. The Hall–Kier alpha value is -2.13. The number of amides is 2. The number of aromatic nitrogens is 1. The number of hydrogen-bond donors (Lipinski definition) is 2.